The highest BCUT2D eigenvalue weighted by Crippen LogP contribution is 2.26. The Hall–Kier alpha value is -1.82. The lowest BCUT2D eigenvalue weighted by atomic mass is 10.0. The van der Waals surface area contributed by atoms with Crippen LogP contribution in [0.1, 0.15) is 25.6 Å². The summed E-state index contributed by atoms with van der Waals surface area (Å²) in [5.74, 6) is -0.362. The number of piperazine rings is 1. The van der Waals surface area contributed by atoms with Crippen molar-refractivity contribution in [3.63, 3.8) is 0 Å². The molecule has 0 radical (unpaired) electrons. The lowest BCUT2D eigenvalue weighted by molar-refractivity contribution is -0.158. The molecule has 6 heteroatoms. The van der Waals surface area contributed by atoms with Crippen LogP contribution in [0.5, 0.6) is 0 Å². The van der Waals surface area contributed by atoms with Crippen molar-refractivity contribution in [3.8, 4) is 0 Å². The van der Waals surface area contributed by atoms with Crippen molar-refractivity contribution >= 4 is 11.8 Å². The summed E-state index contributed by atoms with van der Waals surface area (Å²) in [6, 6.07) is 2.82. The van der Waals surface area contributed by atoms with E-state index in [1.165, 1.54) is 4.90 Å². The van der Waals surface area contributed by atoms with Crippen LogP contribution in [-0.4, -0.2) is 47.3 Å². The van der Waals surface area contributed by atoms with Gasteiger partial charge in [0.05, 0.1) is 6.26 Å². The van der Waals surface area contributed by atoms with Crippen molar-refractivity contribution in [2.45, 2.75) is 25.9 Å². The third-order valence-corrected chi connectivity index (χ3v) is 3.39. The number of nitrogens with two attached hydrogens (primary N) is 1. The van der Waals surface area contributed by atoms with E-state index in [9.17, 15) is 9.59 Å². The molecule has 1 aromatic rings. The van der Waals surface area contributed by atoms with Gasteiger partial charge in [-0.1, -0.05) is 0 Å². The molecule has 0 spiro atoms. The third-order valence-electron chi connectivity index (χ3n) is 3.39. The largest absolute Gasteiger partial charge is 0.467 e. The molecule has 2 rings (SSSR count). The topological polar surface area (TPSA) is 79.8 Å². The molecule has 0 bridgehead atoms. The maximum absolute atomic E-state index is 12.2. The second kappa shape index (κ2) is 5.44. The predicted octanol–water partition coefficient (Wildman–Crippen LogP) is 0.359. The molecule has 0 aromatic carbocycles. The molecular weight excluding hydrogens is 246 g/mol. The van der Waals surface area contributed by atoms with Crippen molar-refractivity contribution < 1.29 is 14.0 Å². The highest BCUT2D eigenvalue weighted by Gasteiger charge is 2.38. The molecule has 0 saturated carbocycles. The van der Waals surface area contributed by atoms with E-state index in [0.717, 1.165) is 0 Å². The Bertz CT molecular complexity index is 456. The number of amides is 2. The number of nitrogens with zero attached hydrogens (tertiary/aromatic N) is 2. The van der Waals surface area contributed by atoms with Crippen LogP contribution in [-0.2, 0) is 9.59 Å². The van der Waals surface area contributed by atoms with Crippen LogP contribution in [0, 0.1) is 0 Å². The molecule has 19 heavy (non-hydrogen) atoms. The van der Waals surface area contributed by atoms with E-state index < -0.39 is 17.9 Å². The van der Waals surface area contributed by atoms with Crippen LogP contribution < -0.4 is 5.73 Å². The molecule has 2 unspecified atom stereocenters. The first-order chi connectivity index (χ1) is 9.06. The number of carbonyl (C=O) groups excluding carboxylic acids is 2. The van der Waals surface area contributed by atoms with E-state index >= 15 is 0 Å². The minimum atomic E-state index is -0.508. The van der Waals surface area contributed by atoms with Crippen LogP contribution in [0.2, 0.25) is 0 Å². The summed E-state index contributed by atoms with van der Waals surface area (Å²) in [6.45, 7) is 5.21. The standard InChI is InChI=1S/C13H19N3O3/c1-3-15-6-7-16(13(18)12(15)17)11(9(2)14)10-5-4-8-19-10/h4-5,8-9,11H,3,6-7,14H2,1-2H3. The molecule has 2 heterocycles. The SMILES string of the molecule is CCN1CCN(C(c2ccco2)C(C)N)C(=O)C1=O. The number of likely N-dealkylation sites (N-methyl/N-ethyl adjacent to an activating group) is 1. The minimum Gasteiger partial charge on any atom is -0.467 e. The van der Waals surface area contributed by atoms with Gasteiger partial charge in [-0.25, -0.2) is 0 Å². The Kier molecular flexibility index (Phi) is 3.90. The Morgan fingerprint density at radius 1 is 1.37 bits per heavy atom. The van der Waals surface area contributed by atoms with Gasteiger partial charge in [0.25, 0.3) is 0 Å². The quantitative estimate of drug-likeness (QED) is 0.797. The number of carbonyl (C=O) groups is 2. The van der Waals surface area contributed by atoms with Gasteiger partial charge in [-0.15, -0.1) is 0 Å². The fourth-order valence-corrected chi connectivity index (χ4v) is 2.41. The van der Waals surface area contributed by atoms with E-state index in [2.05, 4.69) is 0 Å². The Balaban J connectivity index is 2.24. The van der Waals surface area contributed by atoms with E-state index in [1.807, 2.05) is 6.92 Å². The summed E-state index contributed by atoms with van der Waals surface area (Å²) in [4.78, 5) is 27.2. The summed E-state index contributed by atoms with van der Waals surface area (Å²) < 4.78 is 5.35. The summed E-state index contributed by atoms with van der Waals surface area (Å²) >= 11 is 0. The molecule has 1 aromatic heterocycles. The summed E-state index contributed by atoms with van der Waals surface area (Å²) in [6.07, 6.45) is 1.54. The average molecular weight is 265 g/mol. The van der Waals surface area contributed by atoms with Gasteiger partial charge in [-0.05, 0) is 26.0 Å². The average Bonchev–Trinajstić information content (AvgIpc) is 2.88. The Morgan fingerprint density at radius 2 is 2.11 bits per heavy atom. The van der Waals surface area contributed by atoms with Gasteiger partial charge in [0.1, 0.15) is 11.8 Å². The van der Waals surface area contributed by atoms with Gasteiger partial charge in [0, 0.05) is 25.7 Å². The van der Waals surface area contributed by atoms with Crippen molar-refractivity contribution in [2.24, 2.45) is 5.73 Å². The van der Waals surface area contributed by atoms with Crippen molar-refractivity contribution in [1.82, 2.24) is 9.80 Å². The number of hydrogen-bond donors (Lipinski definition) is 1. The van der Waals surface area contributed by atoms with Gasteiger partial charge in [-0.3, -0.25) is 9.59 Å². The number of furan rings is 1. The fraction of sp³-hybridized carbons (Fsp3) is 0.538. The van der Waals surface area contributed by atoms with Crippen LogP contribution in [0.3, 0.4) is 0 Å². The zero-order valence-electron chi connectivity index (χ0n) is 11.2. The lowest BCUT2D eigenvalue weighted by Gasteiger charge is -2.38. The molecule has 0 aliphatic carbocycles. The zero-order chi connectivity index (χ0) is 14.0. The maximum atomic E-state index is 12.2. The van der Waals surface area contributed by atoms with Crippen molar-refractivity contribution in [2.75, 3.05) is 19.6 Å². The molecular formula is C13H19N3O3. The predicted molar refractivity (Wildman–Crippen MR) is 69.1 cm³/mol. The van der Waals surface area contributed by atoms with Gasteiger partial charge < -0.3 is 20.0 Å². The van der Waals surface area contributed by atoms with E-state index in [-0.39, 0.29) is 6.04 Å². The van der Waals surface area contributed by atoms with E-state index in [4.69, 9.17) is 10.2 Å². The monoisotopic (exact) mass is 265 g/mol. The third kappa shape index (κ3) is 2.49. The second-order valence-corrected chi connectivity index (χ2v) is 4.70. The second-order valence-electron chi connectivity index (χ2n) is 4.70. The van der Waals surface area contributed by atoms with Gasteiger partial charge >= 0.3 is 11.8 Å². The maximum Gasteiger partial charge on any atom is 0.312 e. The van der Waals surface area contributed by atoms with Crippen LogP contribution in [0.15, 0.2) is 22.8 Å². The van der Waals surface area contributed by atoms with Crippen LogP contribution in [0.25, 0.3) is 0 Å². The summed E-state index contributed by atoms with van der Waals surface area (Å²) in [7, 11) is 0. The fourth-order valence-electron chi connectivity index (χ4n) is 2.41. The highest BCUT2D eigenvalue weighted by atomic mass is 16.3. The van der Waals surface area contributed by atoms with Crippen molar-refractivity contribution in [3.05, 3.63) is 24.2 Å². The molecule has 104 valence electrons. The Labute approximate surface area is 112 Å². The van der Waals surface area contributed by atoms with Crippen LogP contribution in [0.4, 0.5) is 0 Å². The molecule has 1 fully saturated rings. The van der Waals surface area contributed by atoms with Gasteiger partial charge in [-0.2, -0.15) is 0 Å². The van der Waals surface area contributed by atoms with Gasteiger partial charge in [0.2, 0.25) is 0 Å². The first-order valence-corrected chi connectivity index (χ1v) is 6.45. The number of rotatable bonds is 4. The summed E-state index contributed by atoms with van der Waals surface area (Å²) in [5, 5.41) is 0. The van der Waals surface area contributed by atoms with Crippen molar-refractivity contribution in [1.29, 1.82) is 0 Å². The zero-order valence-corrected chi connectivity index (χ0v) is 11.2. The van der Waals surface area contributed by atoms with E-state index in [0.29, 0.717) is 25.4 Å². The first kappa shape index (κ1) is 13.6. The normalized spacial score (nSPS) is 19.7. The smallest absolute Gasteiger partial charge is 0.312 e. The lowest BCUT2D eigenvalue weighted by Crippen LogP contribution is -2.57. The molecule has 2 N–H and O–H groups in total. The summed E-state index contributed by atoms with van der Waals surface area (Å²) in [5.41, 5.74) is 5.95. The minimum absolute atomic E-state index is 0.309. The first-order valence-electron chi connectivity index (χ1n) is 6.45. The molecule has 1 aliphatic heterocycles. The van der Waals surface area contributed by atoms with Gasteiger partial charge in [0.15, 0.2) is 0 Å². The molecule has 2 amide bonds. The number of hydrogen-bond acceptors (Lipinski definition) is 4. The molecule has 6 nitrogen and oxygen atoms in total. The Morgan fingerprint density at radius 3 is 2.63 bits per heavy atom. The molecule has 2 atom stereocenters. The molecule has 1 aliphatic rings. The molecule has 1 saturated heterocycles. The van der Waals surface area contributed by atoms with Crippen LogP contribution >= 0.6 is 0 Å². The highest BCUT2D eigenvalue weighted by molar-refractivity contribution is 6.35. The van der Waals surface area contributed by atoms with E-state index in [1.54, 1.807) is 30.2 Å².